The van der Waals surface area contributed by atoms with Gasteiger partial charge in [0, 0.05) is 12.6 Å². The van der Waals surface area contributed by atoms with Crippen LogP contribution in [0.3, 0.4) is 0 Å². The van der Waals surface area contributed by atoms with Crippen molar-refractivity contribution >= 4 is 5.91 Å². The minimum atomic E-state index is 0.103. The van der Waals surface area contributed by atoms with Gasteiger partial charge in [0.15, 0.2) is 0 Å². The summed E-state index contributed by atoms with van der Waals surface area (Å²) in [6, 6.07) is 0.535. The number of carbonyl (C=O) groups is 1. The second-order valence-electron chi connectivity index (χ2n) is 5.04. The molecule has 2 aliphatic heterocycles. The van der Waals surface area contributed by atoms with Gasteiger partial charge in [0.1, 0.15) is 0 Å². The first kappa shape index (κ1) is 10.9. The third-order valence-electron chi connectivity index (χ3n) is 4.03. The molecule has 2 saturated heterocycles. The highest BCUT2D eigenvalue weighted by Crippen LogP contribution is 2.25. The molecule has 2 fully saturated rings. The summed E-state index contributed by atoms with van der Waals surface area (Å²) < 4.78 is 0. The standard InChI is InChI=1S/C12H22N2O/c1-9-6-8-14(10(9)2)12(15)11-5-3-4-7-13-11/h9-11,13H,3-8H2,1-2H3/t9?,10?,11-/m0/s1. The first-order chi connectivity index (χ1) is 7.20. The highest BCUT2D eigenvalue weighted by molar-refractivity contribution is 5.82. The minimum Gasteiger partial charge on any atom is -0.338 e. The molecule has 0 aromatic carbocycles. The number of piperidine rings is 1. The van der Waals surface area contributed by atoms with Gasteiger partial charge >= 0.3 is 0 Å². The van der Waals surface area contributed by atoms with Gasteiger partial charge in [0.25, 0.3) is 0 Å². The van der Waals surface area contributed by atoms with Crippen LogP contribution in [-0.4, -0.2) is 36.0 Å². The van der Waals surface area contributed by atoms with Crippen molar-refractivity contribution in [1.82, 2.24) is 10.2 Å². The Morgan fingerprint density at radius 3 is 2.60 bits per heavy atom. The van der Waals surface area contributed by atoms with Crippen molar-refractivity contribution < 1.29 is 4.79 Å². The largest absolute Gasteiger partial charge is 0.338 e. The van der Waals surface area contributed by atoms with E-state index in [1.54, 1.807) is 0 Å². The van der Waals surface area contributed by atoms with Crippen molar-refractivity contribution in [2.75, 3.05) is 13.1 Å². The van der Waals surface area contributed by atoms with E-state index in [9.17, 15) is 4.79 Å². The summed E-state index contributed by atoms with van der Waals surface area (Å²) in [5.41, 5.74) is 0. The van der Waals surface area contributed by atoms with Crippen molar-refractivity contribution in [2.24, 2.45) is 5.92 Å². The van der Waals surface area contributed by atoms with Gasteiger partial charge in [-0.3, -0.25) is 4.79 Å². The molecule has 3 nitrogen and oxygen atoms in total. The quantitative estimate of drug-likeness (QED) is 0.709. The summed E-state index contributed by atoms with van der Waals surface area (Å²) in [5.74, 6) is 1.00. The van der Waals surface area contributed by atoms with E-state index in [4.69, 9.17) is 0 Å². The fourth-order valence-corrected chi connectivity index (χ4v) is 2.67. The highest BCUT2D eigenvalue weighted by atomic mass is 16.2. The first-order valence-electron chi connectivity index (χ1n) is 6.24. The van der Waals surface area contributed by atoms with E-state index in [1.807, 2.05) is 0 Å². The average Bonchev–Trinajstić information content (AvgIpc) is 2.60. The maximum atomic E-state index is 12.2. The van der Waals surface area contributed by atoms with Crippen LogP contribution in [0, 0.1) is 5.92 Å². The number of carbonyl (C=O) groups excluding carboxylic acids is 1. The van der Waals surface area contributed by atoms with Crippen LogP contribution in [0.25, 0.3) is 0 Å². The van der Waals surface area contributed by atoms with E-state index in [1.165, 1.54) is 19.3 Å². The van der Waals surface area contributed by atoms with Crippen molar-refractivity contribution in [3.8, 4) is 0 Å². The number of nitrogens with one attached hydrogen (secondary N) is 1. The Morgan fingerprint density at radius 2 is 2.07 bits per heavy atom. The van der Waals surface area contributed by atoms with Gasteiger partial charge in [-0.2, -0.15) is 0 Å². The lowest BCUT2D eigenvalue weighted by Gasteiger charge is -2.30. The molecule has 3 atom stereocenters. The van der Waals surface area contributed by atoms with E-state index in [2.05, 4.69) is 24.1 Å². The van der Waals surface area contributed by atoms with Crippen LogP contribution in [0.1, 0.15) is 39.5 Å². The van der Waals surface area contributed by atoms with Gasteiger partial charge in [-0.05, 0) is 38.6 Å². The number of rotatable bonds is 1. The van der Waals surface area contributed by atoms with Crippen LogP contribution in [0.15, 0.2) is 0 Å². The smallest absolute Gasteiger partial charge is 0.239 e. The van der Waals surface area contributed by atoms with Crippen molar-refractivity contribution in [1.29, 1.82) is 0 Å². The Bertz CT molecular complexity index is 236. The maximum Gasteiger partial charge on any atom is 0.239 e. The predicted octanol–water partition coefficient (Wildman–Crippen LogP) is 1.39. The SMILES string of the molecule is CC1CCN(C(=O)[C@@H]2CCCCN2)C1C. The molecule has 3 heteroatoms. The molecule has 1 N–H and O–H groups in total. The van der Waals surface area contributed by atoms with Gasteiger partial charge in [-0.15, -0.1) is 0 Å². The molecule has 0 spiro atoms. The Morgan fingerprint density at radius 1 is 1.27 bits per heavy atom. The number of hydrogen-bond acceptors (Lipinski definition) is 2. The van der Waals surface area contributed by atoms with Crippen LogP contribution in [0.5, 0.6) is 0 Å². The molecule has 0 aromatic rings. The Hall–Kier alpha value is -0.570. The molecule has 1 amide bonds. The zero-order valence-corrected chi connectivity index (χ0v) is 9.83. The van der Waals surface area contributed by atoms with Crippen LogP contribution in [-0.2, 0) is 4.79 Å². The third kappa shape index (κ3) is 2.17. The fourth-order valence-electron chi connectivity index (χ4n) is 2.67. The number of nitrogens with zero attached hydrogens (tertiary/aromatic N) is 1. The van der Waals surface area contributed by atoms with E-state index < -0.39 is 0 Å². The topological polar surface area (TPSA) is 32.3 Å². The summed E-state index contributed by atoms with van der Waals surface area (Å²) in [6.07, 6.45) is 4.60. The molecule has 2 rings (SSSR count). The van der Waals surface area contributed by atoms with Crippen LogP contribution < -0.4 is 5.32 Å². The van der Waals surface area contributed by atoms with Crippen molar-refractivity contribution in [3.05, 3.63) is 0 Å². The van der Waals surface area contributed by atoms with Crippen LogP contribution >= 0.6 is 0 Å². The van der Waals surface area contributed by atoms with Gasteiger partial charge in [0.2, 0.25) is 5.91 Å². The Labute approximate surface area is 92.2 Å². The zero-order valence-electron chi connectivity index (χ0n) is 9.83. The minimum absolute atomic E-state index is 0.103. The lowest BCUT2D eigenvalue weighted by atomic mass is 10.0. The monoisotopic (exact) mass is 210 g/mol. The molecule has 0 aliphatic carbocycles. The van der Waals surface area contributed by atoms with Gasteiger partial charge in [-0.25, -0.2) is 0 Å². The van der Waals surface area contributed by atoms with Crippen LogP contribution in [0.4, 0.5) is 0 Å². The molecule has 0 aromatic heterocycles. The molecule has 2 unspecified atom stereocenters. The summed E-state index contributed by atoms with van der Waals surface area (Å²) in [6.45, 7) is 6.39. The van der Waals surface area contributed by atoms with Gasteiger partial charge in [-0.1, -0.05) is 13.3 Å². The summed E-state index contributed by atoms with van der Waals surface area (Å²) in [7, 11) is 0. The zero-order chi connectivity index (χ0) is 10.8. The fraction of sp³-hybridized carbons (Fsp3) is 0.917. The van der Waals surface area contributed by atoms with Crippen molar-refractivity contribution in [3.63, 3.8) is 0 Å². The molecule has 2 heterocycles. The Kier molecular flexibility index (Phi) is 3.29. The average molecular weight is 210 g/mol. The van der Waals surface area contributed by atoms with Crippen molar-refractivity contribution in [2.45, 2.75) is 51.6 Å². The third-order valence-corrected chi connectivity index (χ3v) is 4.03. The molecule has 0 bridgehead atoms. The first-order valence-corrected chi connectivity index (χ1v) is 6.24. The predicted molar refractivity (Wildman–Crippen MR) is 60.6 cm³/mol. The van der Waals surface area contributed by atoms with Gasteiger partial charge in [0.05, 0.1) is 6.04 Å². The molecule has 86 valence electrons. The van der Waals surface area contributed by atoms with Crippen LogP contribution in [0.2, 0.25) is 0 Å². The Balaban J connectivity index is 1.95. The molecule has 0 saturated carbocycles. The second-order valence-corrected chi connectivity index (χ2v) is 5.04. The van der Waals surface area contributed by atoms with E-state index >= 15 is 0 Å². The maximum absolute atomic E-state index is 12.2. The van der Waals surface area contributed by atoms with E-state index in [0.717, 1.165) is 19.5 Å². The molecular weight excluding hydrogens is 188 g/mol. The lowest BCUT2D eigenvalue weighted by Crippen LogP contribution is -2.49. The van der Waals surface area contributed by atoms with Gasteiger partial charge < -0.3 is 10.2 Å². The molecule has 0 radical (unpaired) electrons. The number of likely N-dealkylation sites (tertiary alicyclic amines) is 1. The van der Waals surface area contributed by atoms with E-state index in [0.29, 0.717) is 17.9 Å². The lowest BCUT2D eigenvalue weighted by molar-refractivity contribution is -0.134. The molecule has 15 heavy (non-hydrogen) atoms. The second kappa shape index (κ2) is 4.52. The number of amides is 1. The summed E-state index contributed by atoms with van der Waals surface area (Å²) >= 11 is 0. The number of hydrogen-bond donors (Lipinski definition) is 1. The highest BCUT2D eigenvalue weighted by Gasteiger charge is 2.34. The summed E-state index contributed by atoms with van der Waals surface area (Å²) in [4.78, 5) is 14.3. The normalized spacial score (nSPS) is 36.9. The van der Waals surface area contributed by atoms with E-state index in [-0.39, 0.29) is 6.04 Å². The summed E-state index contributed by atoms with van der Waals surface area (Å²) in [5, 5.41) is 3.34. The molecular formula is C12H22N2O. The molecule has 2 aliphatic rings.